The monoisotopic (exact) mass is 437 g/mol. The molecule has 0 radical (unpaired) electrons. The summed E-state index contributed by atoms with van der Waals surface area (Å²) in [7, 11) is 0. The number of hydrogen-bond donors (Lipinski definition) is 1. The molecule has 3 aromatic heterocycles. The van der Waals surface area contributed by atoms with Crippen molar-refractivity contribution in [2.75, 3.05) is 5.32 Å². The van der Waals surface area contributed by atoms with Crippen molar-refractivity contribution in [1.29, 1.82) is 0 Å². The second-order valence-corrected chi connectivity index (χ2v) is 7.99. The molecule has 0 aliphatic carbocycles. The predicted octanol–water partition coefficient (Wildman–Crippen LogP) is 6.33. The first-order valence-electron chi connectivity index (χ1n) is 10.3. The molecule has 5 aromatic rings. The Morgan fingerprint density at radius 1 is 0.812 bits per heavy atom. The van der Waals surface area contributed by atoms with Crippen molar-refractivity contribution in [3.8, 4) is 22.4 Å². The molecule has 1 N–H and O–H groups in total. The summed E-state index contributed by atoms with van der Waals surface area (Å²) >= 11 is 6.15. The number of pyridine rings is 2. The summed E-state index contributed by atoms with van der Waals surface area (Å²) in [6.07, 6.45) is 5.28. The number of hydrogen-bond acceptors (Lipinski definition) is 5. The zero-order chi connectivity index (χ0) is 21.9. The van der Waals surface area contributed by atoms with Gasteiger partial charge in [-0.1, -0.05) is 35.9 Å². The van der Waals surface area contributed by atoms with E-state index in [2.05, 4.69) is 43.5 Å². The average molecular weight is 438 g/mol. The number of fused-ring (bicyclic) bond motifs is 1. The lowest BCUT2D eigenvalue weighted by Gasteiger charge is -2.10. The van der Waals surface area contributed by atoms with Gasteiger partial charge in [0.05, 0.1) is 11.2 Å². The molecule has 2 aromatic carbocycles. The lowest BCUT2D eigenvalue weighted by molar-refractivity contribution is 1.08. The molecule has 0 fully saturated rings. The molecule has 0 saturated heterocycles. The van der Waals surface area contributed by atoms with Crippen molar-refractivity contribution in [2.24, 2.45) is 0 Å². The molecule has 0 aliphatic rings. The van der Waals surface area contributed by atoms with Crippen LogP contribution in [0.15, 0.2) is 85.5 Å². The minimum atomic E-state index is 0.616. The molecule has 5 nitrogen and oxygen atoms in total. The van der Waals surface area contributed by atoms with Crippen molar-refractivity contribution < 1.29 is 0 Å². The molecule has 0 unspecified atom stereocenters. The van der Waals surface area contributed by atoms with Crippen LogP contribution in [0.1, 0.15) is 11.3 Å². The molecule has 0 aliphatic heterocycles. The van der Waals surface area contributed by atoms with Crippen molar-refractivity contribution >= 4 is 28.3 Å². The maximum atomic E-state index is 6.15. The highest BCUT2D eigenvalue weighted by Gasteiger charge is 2.07. The summed E-state index contributed by atoms with van der Waals surface area (Å²) in [5, 5.41) is 5.10. The summed E-state index contributed by atoms with van der Waals surface area (Å²) in [6, 6.07) is 22.1. The normalized spacial score (nSPS) is 10.9. The van der Waals surface area contributed by atoms with Crippen LogP contribution in [-0.2, 0) is 6.54 Å². The van der Waals surface area contributed by atoms with Gasteiger partial charge < -0.3 is 5.32 Å². The third kappa shape index (κ3) is 4.29. The maximum absolute atomic E-state index is 6.15. The Kier molecular flexibility index (Phi) is 5.48. The molecule has 0 atom stereocenters. The minimum absolute atomic E-state index is 0.616. The lowest BCUT2D eigenvalue weighted by atomic mass is 10.0. The standard InChI is InChI=1S/C26H20ClN5/c1-17-11-21(9-10-28-17)24-8-5-18(14-29-24)15-30-26-23-7-6-20(13-25(23)31-16-32-26)19-3-2-4-22(27)12-19/h2-14,16H,15H2,1H3,(H,30,31,32). The van der Waals surface area contributed by atoms with E-state index < -0.39 is 0 Å². The molecule has 0 saturated carbocycles. The van der Waals surface area contributed by atoms with Crippen molar-refractivity contribution in [2.45, 2.75) is 13.5 Å². The van der Waals surface area contributed by atoms with Crippen LogP contribution >= 0.6 is 11.6 Å². The first kappa shape index (κ1) is 20.1. The Balaban J connectivity index is 1.35. The van der Waals surface area contributed by atoms with E-state index in [0.29, 0.717) is 11.6 Å². The van der Waals surface area contributed by atoms with Crippen LogP contribution in [-0.4, -0.2) is 19.9 Å². The fourth-order valence-corrected chi connectivity index (χ4v) is 3.83. The average Bonchev–Trinajstić information content (AvgIpc) is 2.82. The highest BCUT2D eigenvalue weighted by atomic mass is 35.5. The van der Waals surface area contributed by atoms with Gasteiger partial charge in [0.25, 0.3) is 0 Å². The number of aryl methyl sites for hydroxylation is 1. The van der Waals surface area contributed by atoms with E-state index in [9.17, 15) is 0 Å². The Morgan fingerprint density at radius 3 is 2.53 bits per heavy atom. The zero-order valence-electron chi connectivity index (χ0n) is 17.5. The van der Waals surface area contributed by atoms with E-state index in [1.54, 1.807) is 12.5 Å². The van der Waals surface area contributed by atoms with Gasteiger partial charge in [0.15, 0.2) is 0 Å². The van der Waals surface area contributed by atoms with Crippen LogP contribution in [0.25, 0.3) is 33.3 Å². The van der Waals surface area contributed by atoms with Crippen LogP contribution in [0.2, 0.25) is 5.02 Å². The highest BCUT2D eigenvalue weighted by molar-refractivity contribution is 6.30. The number of anilines is 1. The Bertz CT molecular complexity index is 1400. The van der Waals surface area contributed by atoms with Gasteiger partial charge in [-0.05, 0) is 66.1 Å². The van der Waals surface area contributed by atoms with Crippen LogP contribution < -0.4 is 5.32 Å². The fourth-order valence-electron chi connectivity index (χ4n) is 3.64. The van der Waals surface area contributed by atoms with Crippen molar-refractivity contribution in [1.82, 2.24) is 19.9 Å². The van der Waals surface area contributed by atoms with Gasteiger partial charge in [-0.15, -0.1) is 0 Å². The largest absolute Gasteiger partial charge is 0.365 e. The summed E-state index contributed by atoms with van der Waals surface area (Å²) in [5.74, 6) is 0.793. The minimum Gasteiger partial charge on any atom is -0.365 e. The number of aromatic nitrogens is 4. The van der Waals surface area contributed by atoms with E-state index in [0.717, 1.165) is 50.4 Å². The smallest absolute Gasteiger partial charge is 0.137 e. The van der Waals surface area contributed by atoms with E-state index >= 15 is 0 Å². The lowest BCUT2D eigenvalue weighted by Crippen LogP contribution is -2.03. The van der Waals surface area contributed by atoms with Crippen molar-refractivity contribution in [3.05, 3.63) is 102 Å². The Morgan fingerprint density at radius 2 is 1.72 bits per heavy atom. The Labute approximate surface area is 191 Å². The highest BCUT2D eigenvalue weighted by Crippen LogP contribution is 2.28. The topological polar surface area (TPSA) is 63.6 Å². The van der Waals surface area contributed by atoms with Gasteiger partial charge in [-0.25, -0.2) is 9.97 Å². The van der Waals surface area contributed by atoms with Gasteiger partial charge in [-0.2, -0.15) is 0 Å². The second-order valence-electron chi connectivity index (χ2n) is 7.56. The van der Waals surface area contributed by atoms with Gasteiger partial charge in [0.1, 0.15) is 12.1 Å². The first-order chi connectivity index (χ1) is 15.7. The number of rotatable bonds is 5. The first-order valence-corrected chi connectivity index (χ1v) is 10.7. The molecular formula is C26H20ClN5. The number of benzene rings is 2. The zero-order valence-corrected chi connectivity index (χ0v) is 18.2. The third-order valence-electron chi connectivity index (χ3n) is 5.27. The fraction of sp³-hybridized carbons (Fsp3) is 0.0769. The molecule has 5 rings (SSSR count). The molecule has 156 valence electrons. The summed E-state index contributed by atoms with van der Waals surface area (Å²) < 4.78 is 0. The Hall–Kier alpha value is -3.83. The molecular weight excluding hydrogens is 418 g/mol. The quantitative estimate of drug-likeness (QED) is 0.348. The molecule has 6 heteroatoms. The molecule has 3 heterocycles. The summed E-state index contributed by atoms with van der Waals surface area (Å²) in [4.78, 5) is 17.7. The third-order valence-corrected chi connectivity index (χ3v) is 5.51. The number of halogens is 1. The second kappa shape index (κ2) is 8.73. The van der Waals surface area contributed by atoms with E-state index in [4.69, 9.17) is 11.6 Å². The van der Waals surface area contributed by atoms with Gasteiger partial charge in [0, 0.05) is 40.6 Å². The van der Waals surface area contributed by atoms with Crippen LogP contribution in [0.4, 0.5) is 5.82 Å². The van der Waals surface area contributed by atoms with Crippen molar-refractivity contribution in [3.63, 3.8) is 0 Å². The predicted molar refractivity (Wildman–Crippen MR) is 130 cm³/mol. The molecule has 0 amide bonds. The van der Waals surface area contributed by atoms with Gasteiger partial charge in [-0.3, -0.25) is 9.97 Å². The summed E-state index contributed by atoms with van der Waals surface area (Å²) in [6.45, 7) is 2.59. The van der Waals surface area contributed by atoms with Crippen LogP contribution in [0, 0.1) is 6.92 Å². The van der Waals surface area contributed by atoms with E-state index in [1.807, 2.05) is 61.7 Å². The van der Waals surface area contributed by atoms with Crippen LogP contribution in [0.3, 0.4) is 0 Å². The molecule has 32 heavy (non-hydrogen) atoms. The number of nitrogens with one attached hydrogen (secondary N) is 1. The van der Waals surface area contributed by atoms with Crippen LogP contribution in [0.5, 0.6) is 0 Å². The van der Waals surface area contributed by atoms with Gasteiger partial charge >= 0.3 is 0 Å². The van der Waals surface area contributed by atoms with E-state index in [-0.39, 0.29) is 0 Å². The maximum Gasteiger partial charge on any atom is 0.137 e. The summed E-state index contributed by atoms with van der Waals surface area (Å²) in [5.41, 5.74) is 7.04. The number of nitrogens with zero attached hydrogens (tertiary/aromatic N) is 4. The van der Waals surface area contributed by atoms with E-state index in [1.165, 1.54) is 0 Å². The SMILES string of the molecule is Cc1cc(-c2ccc(CNc3ncnc4cc(-c5cccc(Cl)c5)ccc34)cn2)ccn1. The molecule has 0 bridgehead atoms. The molecule has 0 spiro atoms. The van der Waals surface area contributed by atoms with Gasteiger partial charge in [0.2, 0.25) is 0 Å².